The lowest BCUT2D eigenvalue weighted by atomic mass is 10.1. The van der Waals surface area contributed by atoms with E-state index in [1.54, 1.807) is 6.07 Å². The van der Waals surface area contributed by atoms with Crippen LogP contribution in [0.5, 0.6) is 11.5 Å². The Balaban J connectivity index is 1.72. The molecular formula is C18H20N2O2. The SMILES string of the molecule is NCC1CCN(C(=O)c2cccc(Oc3ccccc3)c2)C1. The first-order valence-corrected chi connectivity index (χ1v) is 7.58. The largest absolute Gasteiger partial charge is 0.457 e. The van der Waals surface area contributed by atoms with Gasteiger partial charge in [-0.05, 0) is 49.2 Å². The van der Waals surface area contributed by atoms with Gasteiger partial charge in [0.2, 0.25) is 0 Å². The second kappa shape index (κ2) is 6.62. The number of benzene rings is 2. The molecule has 1 unspecified atom stereocenters. The number of nitrogens with zero attached hydrogens (tertiary/aromatic N) is 1. The molecule has 0 aliphatic carbocycles. The molecule has 4 nitrogen and oxygen atoms in total. The minimum absolute atomic E-state index is 0.0504. The van der Waals surface area contributed by atoms with Gasteiger partial charge in [-0.3, -0.25) is 4.79 Å². The average Bonchev–Trinajstić information content (AvgIpc) is 3.04. The molecule has 4 heteroatoms. The van der Waals surface area contributed by atoms with Crippen molar-refractivity contribution in [1.29, 1.82) is 0 Å². The van der Waals surface area contributed by atoms with Crippen LogP contribution >= 0.6 is 0 Å². The zero-order valence-corrected chi connectivity index (χ0v) is 12.4. The van der Waals surface area contributed by atoms with Crippen molar-refractivity contribution in [3.8, 4) is 11.5 Å². The van der Waals surface area contributed by atoms with E-state index >= 15 is 0 Å². The van der Waals surface area contributed by atoms with Gasteiger partial charge in [0.15, 0.2) is 0 Å². The number of nitrogens with two attached hydrogens (primary N) is 1. The van der Waals surface area contributed by atoms with Crippen molar-refractivity contribution in [2.45, 2.75) is 6.42 Å². The first-order valence-electron chi connectivity index (χ1n) is 7.58. The van der Waals surface area contributed by atoms with E-state index in [-0.39, 0.29) is 5.91 Å². The van der Waals surface area contributed by atoms with E-state index < -0.39 is 0 Å². The molecule has 3 rings (SSSR count). The molecule has 1 heterocycles. The lowest BCUT2D eigenvalue weighted by Crippen LogP contribution is -2.29. The van der Waals surface area contributed by atoms with Crippen LogP contribution in [0.2, 0.25) is 0 Å². The zero-order valence-electron chi connectivity index (χ0n) is 12.4. The van der Waals surface area contributed by atoms with Crippen LogP contribution in [0, 0.1) is 5.92 Å². The highest BCUT2D eigenvalue weighted by molar-refractivity contribution is 5.94. The summed E-state index contributed by atoms with van der Waals surface area (Å²) in [6.07, 6.45) is 0.989. The summed E-state index contributed by atoms with van der Waals surface area (Å²) >= 11 is 0. The number of carbonyl (C=O) groups is 1. The molecule has 0 radical (unpaired) electrons. The van der Waals surface area contributed by atoms with Crippen molar-refractivity contribution < 1.29 is 9.53 Å². The molecule has 22 heavy (non-hydrogen) atoms. The fraction of sp³-hybridized carbons (Fsp3) is 0.278. The number of para-hydroxylation sites is 1. The fourth-order valence-electron chi connectivity index (χ4n) is 2.71. The summed E-state index contributed by atoms with van der Waals surface area (Å²) in [6.45, 7) is 2.17. The third kappa shape index (κ3) is 3.28. The normalized spacial score (nSPS) is 17.5. The molecule has 2 aromatic rings. The third-order valence-electron chi connectivity index (χ3n) is 3.97. The lowest BCUT2D eigenvalue weighted by Gasteiger charge is -2.16. The van der Waals surface area contributed by atoms with Gasteiger partial charge in [0.25, 0.3) is 5.91 Å². The Labute approximate surface area is 130 Å². The van der Waals surface area contributed by atoms with Gasteiger partial charge >= 0.3 is 0 Å². The predicted molar refractivity (Wildman–Crippen MR) is 86.0 cm³/mol. The quantitative estimate of drug-likeness (QED) is 0.944. The minimum atomic E-state index is 0.0504. The van der Waals surface area contributed by atoms with E-state index in [0.717, 1.165) is 25.3 Å². The Hall–Kier alpha value is -2.33. The van der Waals surface area contributed by atoms with Gasteiger partial charge in [0.05, 0.1) is 0 Å². The topological polar surface area (TPSA) is 55.6 Å². The third-order valence-corrected chi connectivity index (χ3v) is 3.97. The van der Waals surface area contributed by atoms with Crippen LogP contribution in [0.3, 0.4) is 0 Å². The minimum Gasteiger partial charge on any atom is -0.457 e. The van der Waals surface area contributed by atoms with Crippen LogP contribution < -0.4 is 10.5 Å². The van der Waals surface area contributed by atoms with E-state index in [1.165, 1.54) is 0 Å². The summed E-state index contributed by atoms with van der Waals surface area (Å²) in [5, 5.41) is 0. The summed E-state index contributed by atoms with van der Waals surface area (Å²) in [5.41, 5.74) is 6.35. The number of ether oxygens (including phenoxy) is 1. The Morgan fingerprint density at radius 1 is 1.14 bits per heavy atom. The van der Waals surface area contributed by atoms with Gasteiger partial charge in [-0.25, -0.2) is 0 Å². The van der Waals surface area contributed by atoms with Crippen LogP contribution in [-0.2, 0) is 0 Å². The molecule has 1 saturated heterocycles. The van der Waals surface area contributed by atoms with Gasteiger partial charge in [-0.1, -0.05) is 24.3 Å². The lowest BCUT2D eigenvalue weighted by molar-refractivity contribution is 0.0787. The maximum absolute atomic E-state index is 12.5. The molecule has 114 valence electrons. The maximum Gasteiger partial charge on any atom is 0.253 e. The molecular weight excluding hydrogens is 276 g/mol. The van der Waals surface area contributed by atoms with Crippen molar-refractivity contribution in [2.24, 2.45) is 11.7 Å². The highest BCUT2D eigenvalue weighted by Crippen LogP contribution is 2.24. The Morgan fingerprint density at radius 2 is 1.91 bits per heavy atom. The van der Waals surface area contributed by atoms with Crippen molar-refractivity contribution in [3.05, 3.63) is 60.2 Å². The Morgan fingerprint density at radius 3 is 2.64 bits per heavy atom. The average molecular weight is 296 g/mol. The molecule has 2 N–H and O–H groups in total. The van der Waals surface area contributed by atoms with Gasteiger partial charge < -0.3 is 15.4 Å². The van der Waals surface area contributed by atoms with E-state index in [4.69, 9.17) is 10.5 Å². The Kier molecular flexibility index (Phi) is 4.39. The molecule has 0 aromatic heterocycles. The summed E-state index contributed by atoms with van der Waals surface area (Å²) < 4.78 is 5.78. The Bertz CT molecular complexity index is 643. The zero-order chi connectivity index (χ0) is 15.4. The number of amides is 1. The molecule has 1 amide bonds. The van der Waals surface area contributed by atoms with Crippen LogP contribution in [0.25, 0.3) is 0 Å². The van der Waals surface area contributed by atoms with Crippen molar-refractivity contribution in [2.75, 3.05) is 19.6 Å². The second-order valence-corrected chi connectivity index (χ2v) is 5.58. The number of rotatable bonds is 4. The van der Waals surface area contributed by atoms with E-state index in [2.05, 4.69) is 0 Å². The number of hydrogen-bond acceptors (Lipinski definition) is 3. The van der Waals surface area contributed by atoms with Gasteiger partial charge in [0, 0.05) is 18.7 Å². The van der Waals surface area contributed by atoms with E-state index in [0.29, 0.717) is 23.8 Å². The standard InChI is InChI=1S/C18H20N2O2/c19-12-14-9-10-20(13-14)18(21)15-5-4-8-17(11-15)22-16-6-2-1-3-7-16/h1-8,11,14H,9-10,12-13,19H2. The molecule has 1 atom stereocenters. The molecule has 0 saturated carbocycles. The molecule has 0 spiro atoms. The molecule has 1 aliphatic heterocycles. The maximum atomic E-state index is 12.5. The van der Waals surface area contributed by atoms with Crippen LogP contribution in [0.4, 0.5) is 0 Å². The van der Waals surface area contributed by atoms with Gasteiger partial charge in [-0.15, -0.1) is 0 Å². The van der Waals surface area contributed by atoms with Gasteiger partial charge in [0.1, 0.15) is 11.5 Å². The van der Waals surface area contributed by atoms with Crippen LogP contribution in [0.15, 0.2) is 54.6 Å². The summed E-state index contributed by atoms with van der Waals surface area (Å²) in [5.74, 6) is 1.91. The number of hydrogen-bond donors (Lipinski definition) is 1. The summed E-state index contributed by atoms with van der Waals surface area (Å²) in [7, 11) is 0. The first-order chi connectivity index (χ1) is 10.8. The van der Waals surface area contributed by atoms with Gasteiger partial charge in [-0.2, -0.15) is 0 Å². The highest BCUT2D eigenvalue weighted by Gasteiger charge is 2.26. The number of carbonyl (C=O) groups excluding carboxylic acids is 1. The van der Waals surface area contributed by atoms with Crippen molar-refractivity contribution in [1.82, 2.24) is 4.90 Å². The first kappa shape index (κ1) is 14.6. The molecule has 1 aliphatic rings. The van der Waals surface area contributed by atoms with E-state index in [1.807, 2.05) is 53.4 Å². The van der Waals surface area contributed by atoms with Crippen molar-refractivity contribution >= 4 is 5.91 Å². The predicted octanol–water partition coefficient (Wildman–Crippen LogP) is 2.90. The van der Waals surface area contributed by atoms with Crippen LogP contribution in [-0.4, -0.2) is 30.4 Å². The van der Waals surface area contributed by atoms with Crippen molar-refractivity contribution in [3.63, 3.8) is 0 Å². The molecule has 0 bridgehead atoms. The molecule has 2 aromatic carbocycles. The monoisotopic (exact) mass is 296 g/mol. The molecule has 1 fully saturated rings. The second-order valence-electron chi connectivity index (χ2n) is 5.58. The summed E-state index contributed by atoms with van der Waals surface area (Å²) in [4.78, 5) is 14.4. The van der Waals surface area contributed by atoms with E-state index in [9.17, 15) is 4.79 Å². The van der Waals surface area contributed by atoms with Crippen LogP contribution in [0.1, 0.15) is 16.8 Å². The fourth-order valence-corrected chi connectivity index (χ4v) is 2.71. The summed E-state index contributed by atoms with van der Waals surface area (Å²) in [6, 6.07) is 16.9. The highest BCUT2D eigenvalue weighted by atomic mass is 16.5. The smallest absolute Gasteiger partial charge is 0.253 e. The number of likely N-dealkylation sites (tertiary alicyclic amines) is 1.